The molecule has 0 saturated carbocycles. The molecule has 3 rings (SSSR count). The summed E-state index contributed by atoms with van der Waals surface area (Å²) in [6.45, 7) is 3.42. The maximum Gasteiger partial charge on any atom is 0.118 e. The predicted octanol–water partition coefficient (Wildman–Crippen LogP) is 4.75. The number of rotatable bonds is 4. The van der Waals surface area contributed by atoms with Crippen LogP contribution in [0.2, 0.25) is 0 Å². The average Bonchev–Trinajstić information content (AvgIpc) is 3.04. The first kappa shape index (κ1) is 15.5. The van der Waals surface area contributed by atoms with E-state index in [2.05, 4.69) is 57.0 Å². The lowest BCUT2D eigenvalue weighted by atomic mass is 10.0. The second-order valence-electron chi connectivity index (χ2n) is 5.76. The fourth-order valence-corrected chi connectivity index (χ4v) is 3.69. The third kappa shape index (κ3) is 3.18. The van der Waals surface area contributed by atoms with Crippen molar-refractivity contribution in [3.63, 3.8) is 0 Å². The first-order chi connectivity index (χ1) is 10.7. The Morgan fingerprint density at radius 1 is 1.27 bits per heavy atom. The van der Waals surface area contributed by atoms with Gasteiger partial charge in [0.1, 0.15) is 10.4 Å². The van der Waals surface area contributed by atoms with E-state index in [4.69, 9.17) is 4.74 Å². The second-order valence-corrected chi connectivity index (χ2v) is 6.57. The van der Waals surface area contributed by atoms with Crippen molar-refractivity contribution in [2.24, 2.45) is 0 Å². The van der Waals surface area contributed by atoms with Gasteiger partial charge in [0.15, 0.2) is 0 Å². The molecule has 1 aromatic carbocycles. The van der Waals surface area contributed by atoms with Crippen molar-refractivity contribution < 1.29 is 4.74 Å². The molecular formula is C18H21BrN2O. The molecule has 0 radical (unpaired) electrons. The zero-order chi connectivity index (χ0) is 15.5. The Kier molecular flexibility index (Phi) is 4.79. The lowest BCUT2D eigenvalue weighted by Gasteiger charge is -2.31. The third-order valence-corrected chi connectivity index (χ3v) is 4.96. The molecule has 4 heteroatoms. The molecule has 0 bridgehead atoms. The van der Waals surface area contributed by atoms with E-state index in [0.29, 0.717) is 12.1 Å². The molecule has 2 atom stereocenters. The lowest BCUT2D eigenvalue weighted by Crippen LogP contribution is -2.26. The Morgan fingerprint density at radius 3 is 2.73 bits per heavy atom. The topological polar surface area (TPSA) is 25.4 Å². The summed E-state index contributed by atoms with van der Waals surface area (Å²) in [5.74, 6) is 0.909. The number of pyridine rings is 1. The highest BCUT2D eigenvalue weighted by molar-refractivity contribution is 9.10. The van der Waals surface area contributed by atoms with Crippen LogP contribution in [-0.4, -0.2) is 23.5 Å². The number of ether oxygens (including phenoxy) is 1. The monoisotopic (exact) mass is 360 g/mol. The van der Waals surface area contributed by atoms with Crippen LogP contribution in [0.1, 0.15) is 43.0 Å². The van der Waals surface area contributed by atoms with E-state index in [1.54, 1.807) is 7.11 Å². The Morgan fingerprint density at radius 2 is 2.05 bits per heavy atom. The molecule has 1 saturated heterocycles. The Bertz CT molecular complexity index is 629. The zero-order valence-corrected chi connectivity index (χ0v) is 14.6. The van der Waals surface area contributed by atoms with E-state index in [1.807, 2.05) is 18.3 Å². The van der Waals surface area contributed by atoms with Gasteiger partial charge in [0.25, 0.3) is 0 Å². The van der Waals surface area contributed by atoms with Gasteiger partial charge in [-0.2, -0.15) is 0 Å². The van der Waals surface area contributed by atoms with Gasteiger partial charge in [-0.3, -0.25) is 4.90 Å². The van der Waals surface area contributed by atoms with Crippen molar-refractivity contribution in [3.05, 3.63) is 58.3 Å². The standard InChI is InChI=1S/C18H21BrN2O/c1-13(14-5-7-16(22-2)8-6-14)21-11-3-4-17(21)15-9-10-20-18(19)12-15/h5-10,12-13,17H,3-4,11H2,1-2H3/t13-,17+/m1/s1. The predicted molar refractivity (Wildman–Crippen MR) is 92.0 cm³/mol. The highest BCUT2D eigenvalue weighted by atomic mass is 79.9. The normalized spacial score (nSPS) is 20.0. The SMILES string of the molecule is COc1ccc([C@@H](C)N2CCC[C@H]2c2ccnc(Br)c2)cc1. The van der Waals surface area contributed by atoms with Gasteiger partial charge < -0.3 is 4.74 Å². The van der Waals surface area contributed by atoms with Gasteiger partial charge in [-0.15, -0.1) is 0 Å². The van der Waals surface area contributed by atoms with Crippen molar-refractivity contribution >= 4 is 15.9 Å². The van der Waals surface area contributed by atoms with Gasteiger partial charge in [0, 0.05) is 18.3 Å². The molecule has 116 valence electrons. The van der Waals surface area contributed by atoms with Gasteiger partial charge in [-0.1, -0.05) is 12.1 Å². The largest absolute Gasteiger partial charge is 0.497 e. The van der Waals surface area contributed by atoms with Crippen LogP contribution in [0.25, 0.3) is 0 Å². The molecular weight excluding hydrogens is 340 g/mol. The maximum absolute atomic E-state index is 5.25. The summed E-state index contributed by atoms with van der Waals surface area (Å²) in [5.41, 5.74) is 2.68. The molecule has 0 unspecified atom stereocenters. The first-order valence-corrected chi connectivity index (χ1v) is 8.49. The summed E-state index contributed by atoms with van der Waals surface area (Å²) in [7, 11) is 1.70. The van der Waals surface area contributed by atoms with Crippen molar-refractivity contribution in [1.29, 1.82) is 0 Å². The Labute approximate surface area is 140 Å². The van der Waals surface area contributed by atoms with Gasteiger partial charge in [-0.05, 0) is 77.6 Å². The summed E-state index contributed by atoms with van der Waals surface area (Å²) >= 11 is 3.48. The van der Waals surface area contributed by atoms with Crippen LogP contribution in [0.5, 0.6) is 5.75 Å². The minimum atomic E-state index is 0.394. The van der Waals surface area contributed by atoms with Gasteiger partial charge in [0.2, 0.25) is 0 Å². The highest BCUT2D eigenvalue weighted by Crippen LogP contribution is 2.39. The molecule has 0 N–H and O–H groups in total. The lowest BCUT2D eigenvalue weighted by molar-refractivity contribution is 0.194. The molecule has 2 aromatic rings. The molecule has 0 aliphatic carbocycles. The average molecular weight is 361 g/mol. The van der Waals surface area contributed by atoms with E-state index < -0.39 is 0 Å². The summed E-state index contributed by atoms with van der Waals surface area (Å²) in [5, 5.41) is 0. The molecule has 22 heavy (non-hydrogen) atoms. The summed E-state index contributed by atoms with van der Waals surface area (Å²) in [6.07, 6.45) is 4.33. The maximum atomic E-state index is 5.25. The van der Waals surface area contributed by atoms with Crippen LogP contribution < -0.4 is 4.74 Å². The van der Waals surface area contributed by atoms with E-state index in [0.717, 1.165) is 16.9 Å². The van der Waals surface area contributed by atoms with Gasteiger partial charge in [-0.25, -0.2) is 4.98 Å². The number of hydrogen-bond donors (Lipinski definition) is 0. The van der Waals surface area contributed by atoms with Crippen molar-refractivity contribution in [1.82, 2.24) is 9.88 Å². The Hall–Kier alpha value is -1.39. The van der Waals surface area contributed by atoms with Gasteiger partial charge >= 0.3 is 0 Å². The van der Waals surface area contributed by atoms with Crippen LogP contribution in [-0.2, 0) is 0 Å². The van der Waals surface area contributed by atoms with E-state index in [9.17, 15) is 0 Å². The number of likely N-dealkylation sites (tertiary alicyclic amines) is 1. The molecule has 2 heterocycles. The van der Waals surface area contributed by atoms with E-state index in [-0.39, 0.29) is 0 Å². The first-order valence-electron chi connectivity index (χ1n) is 7.70. The van der Waals surface area contributed by atoms with Crippen LogP contribution in [0.15, 0.2) is 47.2 Å². The van der Waals surface area contributed by atoms with Crippen LogP contribution in [0.4, 0.5) is 0 Å². The third-order valence-electron chi connectivity index (χ3n) is 4.53. The summed E-state index contributed by atoms with van der Waals surface area (Å²) in [4.78, 5) is 6.83. The second kappa shape index (κ2) is 6.80. The van der Waals surface area contributed by atoms with E-state index in [1.165, 1.54) is 24.0 Å². The number of halogens is 1. The molecule has 1 aromatic heterocycles. The number of aromatic nitrogens is 1. The smallest absolute Gasteiger partial charge is 0.118 e. The van der Waals surface area contributed by atoms with Gasteiger partial charge in [0.05, 0.1) is 7.11 Å². The number of hydrogen-bond acceptors (Lipinski definition) is 3. The van der Waals surface area contributed by atoms with E-state index >= 15 is 0 Å². The number of methoxy groups -OCH3 is 1. The molecule has 1 aliphatic heterocycles. The quantitative estimate of drug-likeness (QED) is 0.735. The summed E-state index contributed by atoms with van der Waals surface area (Å²) < 4.78 is 6.16. The minimum Gasteiger partial charge on any atom is -0.497 e. The highest BCUT2D eigenvalue weighted by Gasteiger charge is 2.30. The Balaban J connectivity index is 1.82. The minimum absolute atomic E-state index is 0.394. The zero-order valence-electron chi connectivity index (χ0n) is 13.0. The molecule has 0 spiro atoms. The fraction of sp³-hybridized carbons (Fsp3) is 0.389. The van der Waals surface area contributed by atoms with Crippen LogP contribution >= 0.6 is 15.9 Å². The summed E-state index contributed by atoms with van der Waals surface area (Å²) in [6, 6.07) is 13.6. The molecule has 1 fully saturated rings. The van der Waals surface area contributed by atoms with Crippen molar-refractivity contribution in [2.45, 2.75) is 31.8 Å². The van der Waals surface area contributed by atoms with Crippen LogP contribution in [0, 0.1) is 0 Å². The molecule has 1 aliphatic rings. The molecule has 0 amide bonds. The number of benzene rings is 1. The number of nitrogens with zero attached hydrogens (tertiary/aromatic N) is 2. The fourth-order valence-electron chi connectivity index (χ4n) is 3.31. The van der Waals surface area contributed by atoms with Crippen molar-refractivity contribution in [3.8, 4) is 5.75 Å². The van der Waals surface area contributed by atoms with Crippen LogP contribution in [0.3, 0.4) is 0 Å². The van der Waals surface area contributed by atoms with Crippen molar-refractivity contribution in [2.75, 3.05) is 13.7 Å². The molecule has 3 nitrogen and oxygen atoms in total.